The Kier molecular flexibility index (Phi) is 6.08. The minimum absolute atomic E-state index is 0.0108. The molecule has 1 aliphatic heterocycles. The molecular formula is C18H23F3N2O2. The maximum atomic E-state index is 12.5. The Morgan fingerprint density at radius 1 is 1.24 bits per heavy atom. The van der Waals surface area contributed by atoms with Gasteiger partial charge in [0.1, 0.15) is 0 Å². The number of nitrogens with zero attached hydrogens (tertiary/aromatic N) is 1. The van der Waals surface area contributed by atoms with Crippen molar-refractivity contribution in [1.82, 2.24) is 10.2 Å². The molecule has 0 spiro atoms. The summed E-state index contributed by atoms with van der Waals surface area (Å²) in [5.74, 6) is -0.646. The molecule has 1 aromatic rings. The van der Waals surface area contributed by atoms with Crippen molar-refractivity contribution in [3.8, 4) is 0 Å². The second-order valence-corrected chi connectivity index (χ2v) is 6.33. The van der Waals surface area contributed by atoms with Crippen LogP contribution in [0.5, 0.6) is 0 Å². The summed E-state index contributed by atoms with van der Waals surface area (Å²) in [5, 5.41) is 2.72. The molecule has 0 bridgehead atoms. The van der Waals surface area contributed by atoms with Gasteiger partial charge in [0.15, 0.2) is 0 Å². The van der Waals surface area contributed by atoms with Gasteiger partial charge in [-0.05, 0) is 30.5 Å². The van der Waals surface area contributed by atoms with Crippen LogP contribution in [0.25, 0.3) is 0 Å². The van der Waals surface area contributed by atoms with E-state index in [0.29, 0.717) is 12.1 Å². The van der Waals surface area contributed by atoms with Crippen LogP contribution in [-0.2, 0) is 22.3 Å². The summed E-state index contributed by atoms with van der Waals surface area (Å²) in [5.41, 5.74) is -0.132. The summed E-state index contributed by atoms with van der Waals surface area (Å²) in [4.78, 5) is 26.1. The van der Waals surface area contributed by atoms with Gasteiger partial charge in [-0.1, -0.05) is 26.0 Å². The highest BCUT2D eigenvalue weighted by Crippen LogP contribution is 2.29. The van der Waals surface area contributed by atoms with Crippen LogP contribution in [0.4, 0.5) is 13.2 Å². The van der Waals surface area contributed by atoms with Crippen molar-refractivity contribution in [3.63, 3.8) is 0 Å². The van der Waals surface area contributed by atoms with Crippen LogP contribution in [0, 0.1) is 5.92 Å². The normalized spacial score (nSPS) is 18.1. The molecule has 1 N–H and O–H groups in total. The molecule has 0 aromatic heterocycles. The average Bonchev–Trinajstić information content (AvgIpc) is 2.95. The molecule has 1 heterocycles. The third-order valence-corrected chi connectivity index (χ3v) is 4.66. The molecule has 1 saturated heterocycles. The van der Waals surface area contributed by atoms with E-state index in [1.807, 2.05) is 13.8 Å². The van der Waals surface area contributed by atoms with Crippen LogP contribution >= 0.6 is 0 Å². The first-order valence-corrected chi connectivity index (χ1v) is 8.49. The van der Waals surface area contributed by atoms with E-state index in [9.17, 15) is 22.8 Å². The zero-order valence-corrected chi connectivity index (χ0v) is 14.4. The molecule has 2 rings (SSSR count). The summed E-state index contributed by atoms with van der Waals surface area (Å²) in [6, 6.07) is 4.84. The number of hydrogen-bond donors (Lipinski definition) is 1. The minimum Gasteiger partial charge on any atom is -0.352 e. The van der Waals surface area contributed by atoms with E-state index in [1.165, 1.54) is 12.1 Å². The first-order chi connectivity index (χ1) is 11.8. The Morgan fingerprint density at radius 3 is 2.36 bits per heavy atom. The van der Waals surface area contributed by atoms with Gasteiger partial charge >= 0.3 is 6.18 Å². The fourth-order valence-electron chi connectivity index (χ4n) is 3.13. The second kappa shape index (κ2) is 7.89. The van der Waals surface area contributed by atoms with Crippen LogP contribution in [0.1, 0.15) is 44.2 Å². The summed E-state index contributed by atoms with van der Waals surface area (Å²) in [7, 11) is 0. The number of nitrogens with one attached hydrogen (secondary N) is 1. The molecule has 1 unspecified atom stereocenters. The van der Waals surface area contributed by atoms with Gasteiger partial charge in [0.25, 0.3) is 0 Å². The zero-order chi connectivity index (χ0) is 18.6. The molecule has 0 saturated carbocycles. The average molecular weight is 356 g/mol. The fraction of sp³-hybridized carbons (Fsp3) is 0.556. The van der Waals surface area contributed by atoms with Gasteiger partial charge in [0.2, 0.25) is 11.8 Å². The molecule has 4 nitrogen and oxygen atoms in total. The highest BCUT2D eigenvalue weighted by molar-refractivity contribution is 5.89. The number of amides is 2. The van der Waals surface area contributed by atoms with Crippen molar-refractivity contribution in [2.75, 3.05) is 6.54 Å². The van der Waals surface area contributed by atoms with Crippen LogP contribution in [0.15, 0.2) is 24.3 Å². The maximum absolute atomic E-state index is 12.5. The predicted molar refractivity (Wildman–Crippen MR) is 87.5 cm³/mol. The Labute approximate surface area is 145 Å². The second-order valence-electron chi connectivity index (χ2n) is 6.33. The number of benzene rings is 1. The Bertz CT molecular complexity index is 610. The van der Waals surface area contributed by atoms with E-state index >= 15 is 0 Å². The molecule has 0 radical (unpaired) electrons. The van der Waals surface area contributed by atoms with Gasteiger partial charge < -0.3 is 10.2 Å². The van der Waals surface area contributed by atoms with Crippen LogP contribution in [0.2, 0.25) is 0 Å². The molecule has 1 aromatic carbocycles. The lowest BCUT2D eigenvalue weighted by Gasteiger charge is -2.26. The third-order valence-electron chi connectivity index (χ3n) is 4.66. The van der Waals surface area contributed by atoms with Crippen molar-refractivity contribution >= 4 is 11.8 Å². The lowest BCUT2D eigenvalue weighted by atomic mass is 10.1. The highest BCUT2D eigenvalue weighted by Gasteiger charge is 2.36. The van der Waals surface area contributed by atoms with Gasteiger partial charge in [0.05, 0.1) is 11.5 Å². The van der Waals surface area contributed by atoms with Crippen LogP contribution in [-0.4, -0.2) is 29.3 Å². The molecule has 25 heavy (non-hydrogen) atoms. The van der Waals surface area contributed by atoms with Crippen LogP contribution in [0.3, 0.4) is 0 Å². The van der Waals surface area contributed by atoms with Gasteiger partial charge in [-0.2, -0.15) is 13.2 Å². The SMILES string of the molecule is CCC(CC)N1CC(C(=O)NCc2ccc(C(F)(F)F)cc2)CC1=O. The number of alkyl halides is 3. The number of carbonyl (C=O) groups excluding carboxylic acids is 2. The maximum Gasteiger partial charge on any atom is 0.416 e. The molecular weight excluding hydrogens is 333 g/mol. The summed E-state index contributed by atoms with van der Waals surface area (Å²) in [6.07, 6.45) is -2.48. The molecule has 7 heteroatoms. The van der Waals surface area contributed by atoms with E-state index in [-0.39, 0.29) is 30.8 Å². The lowest BCUT2D eigenvalue weighted by molar-refractivity contribution is -0.137. The Morgan fingerprint density at radius 2 is 1.84 bits per heavy atom. The molecule has 138 valence electrons. The highest BCUT2D eigenvalue weighted by atomic mass is 19.4. The van der Waals surface area contributed by atoms with E-state index in [2.05, 4.69) is 5.32 Å². The van der Waals surface area contributed by atoms with Crippen molar-refractivity contribution < 1.29 is 22.8 Å². The van der Waals surface area contributed by atoms with Crippen LogP contribution < -0.4 is 5.32 Å². The Balaban J connectivity index is 1.89. The third kappa shape index (κ3) is 4.74. The first kappa shape index (κ1) is 19.3. The molecule has 1 aliphatic rings. The Hall–Kier alpha value is -2.05. The van der Waals surface area contributed by atoms with Crippen molar-refractivity contribution in [2.24, 2.45) is 5.92 Å². The fourth-order valence-corrected chi connectivity index (χ4v) is 3.13. The van der Waals surface area contributed by atoms with Crippen molar-refractivity contribution in [2.45, 2.75) is 51.9 Å². The predicted octanol–water partition coefficient (Wildman–Crippen LogP) is 3.36. The molecule has 1 fully saturated rings. The van der Waals surface area contributed by atoms with Crippen molar-refractivity contribution in [1.29, 1.82) is 0 Å². The van der Waals surface area contributed by atoms with Crippen molar-refractivity contribution in [3.05, 3.63) is 35.4 Å². The lowest BCUT2D eigenvalue weighted by Crippen LogP contribution is -2.37. The van der Waals surface area contributed by atoms with Gasteiger partial charge in [0, 0.05) is 25.6 Å². The van der Waals surface area contributed by atoms with Gasteiger partial charge in [-0.3, -0.25) is 9.59 Å². The quantitative estimate of drug-likeness (QED) is 0.850. The number of likely N-dealkylation sites (tertiary alicyclic amines) is 1. The zero-order valence-electron chi connectivity index (χ0n) is 14.4. The van der Waals surface area contributed by atoms with Gasteiger partial charge in [-0.15, -0.1) is 0 Å². The summed E-state index contributed by atoms with van der Waals surface area (Å²) < 4.78 is 37.6. The summed E-state index contributed by atoms with van der Waals surface area (Å²) in [6.45, 7) is 4.58. The van der Waals surface area contributed by atoms with E-state index in [0.717, 1.165) is 25.0 Å². The minimum atomic E-state index is -4.37. The topological polar surface area (TPSA) is 49.4 Å². The van der Waals surface area contributed by atoms with Gasteiger partial charge in [-0.25, -0.2) is 0 Å². The van der Waals surface area contributed by atoms with E-state index in [4.69, 9.17) is 0 Å². The number of rotatable bonds is 6. The monoisotopic (exact) mass is 356 g/mol. The molecule has 0 aliphatic carbocycles. The number of carbonyl (C=O) groups is 2. The smallest absolute Gasteiger partial charge is 0.352 e. The standard InChI is InChI=1S/C18H23F3N2O2/c1-3-15(4-2)23-11-13(9-16(23)24)17(25)22-10-12-5-7-14(8-6-12)18(19,20)21/h5-8,13,15H,3-4,9-11H2,1-2H3,(H,22,25). The molecule has 1 atom stereocenters. The van der Waals surface area contributed by atoms with E-state index in [1.54, 1.807) is 4.90 Å². The van der Waals surface area contributed by atoms with E-state index < -0.39 is 17.7 Å². The summed E-state index contributed by atoms with van der Waals surface area (Å²) >= 11 is 0. The number of hydrogen-bond acceptors (Lipinski definition) is 2. The largest absolute Gasteiger partial charge is 0.416 e. The molecule has 2 amide bonds. The number of halogens is 3. The first-order valence-electron chi connectivity index (χ1n) is 8.49.